The molecule has 0 saturated carbocycles. The van der Waals surface area contributed by atoms with Crippen LogP contribution in [0.4, 0.5) is 0 Å². The maximum absolute atomic E-state index is 11.8. The lowest BCUT2D eigenvalue weighted by Gasteiger charge is -2.28. The molecule has 1 aliphatic heterocycles. The normalized spacial score (nSPS) is 16.0. The van der Waals surface area contributed by atoms with Gasteiger partial charge in [0.15, 0.2) is 5.78 Å². The fourth-order valence-corrected chi connectivity index (χ4v) is 2.81. The molecule has 1 aliphatic rings. The zero-order valence-electron chi connectivity index (χ0n) is 13.8. The second kappa shape index (κ2) is 6.86. The van der Waals surface area contributed by atoms with E-state index in [4.69, 9.17) is 4.65 Å². The number of Topliss-reactive ketones (excluding diaryl/α,β-unsaturated/α-hetero) is 1. The molecule has 0 bridgehead atoms. The number of rotatable bonds is 6. The quantitative estimate of drug-likeness (QED) is 0.497. The summed E-state index contributed by atoms with van der Waals surface area (Å²) in [5.41, 5.74) is 4.96. The van der Waals surface area contributed by atoms with Gasteiger partial charge in [-0.3, -0.25) is 4.79 Å². The predicted molar refractivity (Wildman–Crippen MR) is 92.8 cm³/mol. The Morgan fingerprint density at radius 1 is 1.36 bits per heavy atom. The first kappa shape index (κ1) is 16.4. The Bertz CT molecular complexity index is 622. The van der Waals surface area contributed by atoms with Gasteiger partial charge < -0.3 is 9.97 Å². The second-order valence-corrected chi connectivity index (χ2v) is 6.22. The van der Waals surface area contributed by atoms with Crippen molar-refractivity contribution in [2.75, 3.05) is 0 Å². The average molecular weight is 297 g/mol. The van der Waals surface area contributed by atoms with Crippen LogP contribution in [0.1, 0.15) is 48.2 Å². The second-order valence-electron chi connectivity index (χ2n) is 6.22. The van der Waals surface area contributed by atoms with Gasteiger partial charge in [0.2, 0.25) is 0 Å². The van der Waals surface area contributed by atoms with Crippen LogP contribution in [0.5, 0.6) is 5.75 Å². The lowest BCUT2D eigenvalue weighted by Crippen LogP contribution is -2.41. The molecule has 1 aromatic rings. The largest absolute Gasteiger partial charge is 0.561 e. The van der Waals surface area contributed by atoms with E-state index in [1.165, 1.54) is 0 Å². The summed E-state index contributed by atoms with van der Waals surface area (Å²) in [6.45, 7) is 13.6. The van der Waals surface area contributed by atoms with Crippen LogP contribution in [0.15, 0.2) is 36.6 Å². The Morgan fingerprint density at radius 3 is 2.73 bits per heavy atom. The lowest BCUT2D eigenvalue weighted by molar-refractivity contribution is 0.101. The van der Waals surface area contributed by atoms with E-state index in [-0.39, 0.29) is 11.7 Å². The minimum Gasteiger partial charge on any atom is -0.561 e. The van der Waals surface area contributed by atoms with Crippen LogP contribution >= 0.6 is 0 Å². The predicted octanol–water partition coefficient (Wildman–Crippen LogP) is 3.27. The Hall–Kier alpha value is -1.97. The first-order valence-corrected chi connectivity index (χ1v) is 7.73. The van der Waals surface area contributed by atoms with Crippen molar-refractivity contribution in [1.29, 1.82) is 0 Å². The minimum absolute atomic E-state index is 0.0617. The van der Waals surface area contributed by atoms with E-state index in [1.54, 1.807) is 6.92 Å². The van der Waals surface area contributed by atoms with Crippen molar-refractivity contribution in [1.82, 2.24) is 5.32 Å². The molecule has 4 heteroatoms. The van der Waals surface area contributed by atoms with Gasteiger partial charge in [0.1, 0.15) is 5.75 Å². The summed E-state index contributed by atoms with van der Waals surface area (Å²) in [4.78, 5) is 11.8. The molecular formula is C18H24BNO2. The van der Waals surface area contributed by atoms with Crippen molar-refractivity contribution in [3.8, 4) is 5.75 Å². The topological polar surface area (TPSA) is 38.3 Å². The summed E-state index contributed by atoms with van der Waals surface area (Å²) in [6, 6.07) is 4.05. The Labute approximate surface area is 133 Å². The first-order chi connectivity index (χ1) is 10.4. The van der Waals surface area contributed by atoms with Gasteiger partial charge >= 0.3 is 7.48 Å². The van der Waals surface area contributed by atoms with Crippen LogP contribution in [-0.4, -0.2) is 19.2 Å². The first-order valence-electron chi connectivity index (χ1n) is 7.73. The molecule has 0 radical (unpaired) electrons. The van der Waals surface area contributed by atoms with Crippen LogP contribution < -0.4 is 9.97 Å². The Balaban J connectivity index is 2.06. The monoisotopic (exact) mass is 297 g/mol. The van der Waals surface area contributed by atoms with Gasteiger partial charge in [-0.05, 0) is 51.2 Å². The molecule has 1 unspecified atom stereocenters. The standard InChI is InChI=1S/C18H24BNO2/c1-11(2)6-8-13(4)20-16-10-15-9-7-12(3)17(14(5)21)18(15)22-19-16/h7,9,16,19-20H,1,4,6,8,10H2,2-3,5H3. The van der Waals surface area contributed by atoms with E-state index in [1.807, 2.05) is 19.9 Å². The van der Waals surface area contributed by atoms with Crippen molar-refractivity contribution in [3.63, 3.8) is 0 Å². The molecule has 3 nitrogen and oxygen atoms in total. The van der Waals surface area contributed by atoms with Gasteiger partial charge in [-0.25, -0.2) is 0 Å². The van der Waals surface area contributed by atoms with Gasteiger partial charge in [-0.2, -0.15) is 0 Å². The highest BCUT2D eigenvalue weighted by Crippen LogP contribution is 2.31. The molecule has 0 fully saturated rings. The van der Waals surface area contributed by atoms with Gasteiger partial charge in [0, 0.05) is 11.6 Å². The third kappa shape index (κ3) is 3.82. The van der Waals surface area contributed by atoms with Crippen molar-refractivity contribution in [2.24, 2.45) is 0 Å². The summed E-state index contributed by atoms with van der Waals surface area (Å²) in [5.74, 6) is 1.03. The Morgan fingerprint density at radius 2 is 2.09 bits per heavy atom. The van der Waals surface area contributed by atoms with E-state index in [2.05, 4.69) is 24.5 Å². The fourth-order valence-electron chi connectivity index (χ4n) is 2.81. The molecule has 0 spiro atoms. The summed E-state index contributed by atoms with van der Waals surface area (Å²) in [5, 5.41) is 3.43. The third-order valence-electron chi connectivity index (χ3n) is 3.96. The van der Waals surface area contributed by atoms with Crippen LogP contribution in [-0.2, 0) is 6.42 Å². The zero-order chi connectivity index (χ0) is 16.3. The molecule has 1 heterocycles. The molecule has 2 rings (SSSR count). The summed E-state index contributed by atoms with van der Waals surface area (Å²) >= 11 is 0. The van der Waals surface area contributed by atoms with Crippen molar-refractivity contribution >= 4 is 13.3 Å². The minimum atomic E-state index is 0.0617. The molecular weight excluding hydrogens is 273 g/mol. The summed E-state index contributed by atoms with van der Waals surface area (Å²) in [7, 11) is 0.558. The third-order valence-corrected chi connectivity index (χ3v) is 3.96. The van der Waals surface area contributed by atoms with E-state index in [0.29, 0.717) is 7.48 Å². The number of allylic oxidation sites excluding steroid dienone is 2. The van der Waals surface area contributed by atoms with E-state index in [0.717, 1.165) is 53.0 Å². The number of carbonyl (C=O) groups excluding carboxylic acids is 1. The fraction of sp³-hybridized carbons (Fsp3) is 0.389. The van der Waals surface area contributed by atoms with Crippen LogP contribution in [0.3, 0.4) is 0 Å². The number of ketones is 1. The lowest BCUT2D eigenvalue weighted by atomic mass is 9.78. The highest BCUT2D eigenvalue weighted by atomic mass is 16.4. The number of hydrogen-bond acceptors (Lipinski definition) is 3. The molecule has 0 aliphatic carbocycles. The number of carbonyl (C=O) groups is 1. The van der Waals surface area contributed by atoms with E-state index in [9.17, 15) is 4.79 Å². The molecule has 1 atom stereocenters. The number of nitrogens with one attached hydrogen (secondary N) is 1. The van der Waals surface area contributed by atoms with Crippen LogP contribution in [0.25, 0.3) is 0 Å². The van der Waals surface area contributed by atoms with Gasteiger partial charge in [0.25, 0.3) is 0 Å². The van der Waals surface area contributed by atoms with Gasteiger partial charge in [0.05, 0.1) is 5.56 Å². The molecule has 116 valence electrons. The van der Waals surface area contributed by atoms with E-state index >= 15 is 0 Å². The molecule has 0 saturated heterocycles. The van der Waals surface area contributed by atoms with Gasteiger partial charge in [-0.1, -0.05) is 24.3 Å². The smallest absolute Gasteiger partial charge is 0.362 e. The maximum atomic E-state index is 11.8. The molecule has 1 N–H and O–H groups in total. The molecule has 1 aromatic carbocycles. The van der Waals surface area contributed by atoms with E-state index < -0.39 is 0 Å². The highest BCUT2D eigenvalue weighted by Gasteiger charge is 2.26. The van der Waals surface area contributed by atoms with Crippen molar-refractivity contribution < 1.29 is 9.45 Å². The SMILES string of the molecule is C=C(C)CCC(=C)NC1BOc2c(ccc(C)c2C(C)=O)C1. The Kier molecular flexibility index (Phi) is 5.12. The molecule has 0 amide bonds. The number of fused-ring (bicyclic) bond motifs is 1. The number of aryl methyl sites for hydroxylation is 1. The van der Waals surface area contributed by atoms with Crippen LogP contribution in [0, 0.1) is 6.92 Å². The highest BCUT2D eigenvalue weighted by molar-refractivity contribution is 6.32. The average Bonchev–Trinajstić information content (AvgIpc) is 2.44. The van der Waals surface area contributed by atoms with Gasteiger partial charge in [-0.15, -0.1) is 6.58 Å². The molecule has 22 heavy (non-hydrogen) atoms. The summed E-state index contributed by atoms with van der Waals surface area (Å²) < 4.78 is 5.89. The molecule has 0 aromatic heterocycles. The maximum Gasteiger partial charge on any atom is 0.362 e. The zero-order valence-corrected chi connectivity index (χ0v) is 13.8. The summed E-state index contributed by atoms with van der Waals surface area (Å²) in [6.07, 6.45) is 2.69. The number of hydrogen-bond donors (Lipinski definition) is 1. The number of benzene rings is 1. The van der Waals surface area contributed by atoms with Crippen molar-refractivity contribution in [2.45, 2.75) is 46.0 Å². The van der Waals surface area contributed by atoms with Crippen LogP contribution in [0.2, 0.25) is 0 Å². The van der Waals surface area contributed by atoms with Crippen molar-refractivity contribution in [3.05, 3.63) is 53.3 Å².